The van der Waals surface area contributed by atoms with Crippen LogP contribution in [0.15, 0.2) is 54.9 Å². The molecule has 1 aromatic heterocycles. The van der Waals surface area contributed by atoms with E-state index in [4.69, 9.17) is 0 Å². The van der Waals surface area contributed by atoms with Crippen molar-refractivity contribution in [2.75, 3.05) is 6.54 Å². The van der Waals surface area contributed by atoms with Crippen LogP contribution in [0.1, 0.15) is 48.0 Å². The predicted octanol–water partition coefficient (Wildman–Crippen LogP) is 4.89. The summed E-state index contributed by atoms with van der Waals surface area (Å²) >= 11 is 0. The minimum Gasteiger partial charge on any atom is -0.385 e. The molecule has 0 radical (unpaired) electrons. The molecule has 5 rings (SSSR count). The Bertz CT molecular complexity index is 1160. The van der Waals surface area contributed by atoms with E-state index < -0.39 is 18.3 Å². The van der Waals surface area contributed by atoms with E-state index in [0.717, 1.165) is 42.1 Å². The number of rotatable bonds is 3. The number of imidazole rings is 1. The first kappa shape index (κ1) is 21.9. The van der Waals surface area contributed by atoms with Crippen LogP contribution in [0.4, 0.5) is 13.2 Å². The van der Waals surface area contributed by atoms with Crippen LogP contribution in [0, 0.1) is 5.92 Å². The van der Waals surface area contributed by atoms with Crippen molar-refractivity contribution in [2.24, 2.45) is 5.92 Å². The standard InChI is InChI=1S/C25H26F3N3O2/c26-25(27,28)15-30-16-29-20-11-6-9-18(22(20)30)23(32)31-14-13-24(33,17-7-2-1-3-8-17)19-10-4-5-12-21(19)31/h1-3,6-9,11,16,19,21,33H,4-5,10,12-15H2/t19-,21?,24-/m1/s1. The number of aliphatic hydroxyl groups is 1. The fourth-order valence-corrected chi connectivity index (χ4v) is 5.79. The SMILES string of the molecule is O=C(c1cccc2ncn(CC(F)(F)F)c12)N1CC[C@@](O)(c2ccccc2)[C@@H]2CCCCC21. The average Bonchev–Trinajstić information content (AvgIpc) is 3.21. The quantitative estimate of drug-likeness (QED) is 0.609. The maximum atomic E-state index is 13.8. The second kappa shape index (κ2) is 8.17. The van der Waals surface area contributed by atoms with Crippen molar-refractivity contribution in [3.63, 3.8) is 0 Å². The number of hydrogen-bond acceptors (Lipinski definition) is 3. The van der Waals surface area contributed by atoms with Crippen LogP contribution >= 0.6 is 0 Å². The summed E-state index contributed by atoms with van der Waals surface area (Å²) in [7, 11) is 0. The largest absolute Gasteiger partial charge is 0.406 e. The van der Waals surface area contributed by atoms with Gasteiger partial charge in [-0.05, 0) is 37.0 Å². The van der Waals surface area contributed by atoms with E-state index in [0.29, 0.717) is 18.5 Å². The second-order valence-electron chi connectivity index (χ2n) is 9.16. The summed E-state index contributed by atoms with van der Waals surface area (Å²) in [6, 6.07) is 14.3. The lowest BCUT2D eigenvalue weighted by Gasteiger charge is -2.52. The third-order valence-corrected chi connectivity index (χ3v) is 7.23. The maximum absolute atomic E-state index is 13.8. The molecule has 2 aliphatic rings. The monoisotopic (exact) mass is 457 g/mol. The fourth-order valence-electron chi connectivity index (χ4n) is 5.79. The van der Waals surface area contributed by atoms with E-state index >= 15 is 0 Å². The molecule has 1 aliphatic heterocycles. The lowest BCUT2D eigenvalue weighted by molar-refractivity contribution is -0.140. The number of aromatic nitrogens is 2. The first-order chi connectivity index (χ1) is 15.8. The molecule has 3 aromatic rings. The zero-order valence-electron chi connectivity index (χ0n) is 18.1. The minimum absolute atomic E-state index is 0.120. The molecule has 5 nitrogen and oxygen atoms in total. The van der Waals surface area contributed by atoms with Gasteiger partial charge >= 0.3 is 6.18 Å². The average molecular weight is 457 g/mol. The van der Waals surface area contributed by atoms with Gasteiger partial charge in [-0.25, -0.2) is 4.98 Å². The minimum atomic E-state index is -4.42. The number of alkyl halides is 3. The van der Waals surface area contributed by atoms with E-state index in [9.17, 15) is 23.1 Å². The van der Waals surface area contributed by atoms with Gasteiger partial charge in [0.25, 0.3) is 5.91 Å². The maximum Gasteiger partial charge on any atom is 0.406 e. The molecule has 2 heterocycles. The van der Waals surface area contributed by atoms with Crippen LogP contribution in [0.5, 0.6) is 0 Å². The van der Waals surface area contributed by atoms with E-state index in [1.54, 1.807) is 23.1 Å². The fraction of sp³-hybridized carbons (Fsp3) is 0.440. The van der Waals surface area contributed by atoms with Gasteiger partial charge in [0.1, 0.15) is 6.54 Å². The highest BCUT2D eigenvalue weighted by Crippen LogP contribution is 2.47. The van der Waals surface area contributed by atoms with Crippen LogP contribution in [0.25, 0.3) is 11.0 Å². The predicted molar refractivity (Wildman–Crippen MR) is 118 cm³/mol. The molecular weight excluding hydrogens is 431 g/mol. The molecule has 1 amide bonds. The van der Waals surface area contributed by atoms with Crippen molar-refractivity contribution in [1.82, 2.24) is 14.5 Å². The Labute approximate surface area is 189 Å². The summed E-state index contributed by atoms with van der Waals surface area (Å²) in [5, 5.41) is 11.7. The summed E-state index contributed by atoms with van der Waals surface area (Å²) in [6.07, 6.45) is 0.609. The molecule has 0 bridgehead atoms. The summed E-state index contributed by atoms with van der Waals surface area (Å²) in [5.74, 6) is -0.415. The van der Waals surface area contributed by atoms with Gasteiger partial charge in [0.05, 0.1) is 28.5 Å². The molecule has 33 heavy (non-hydrogen) atoms. The van der Waals surface area contributed by atoms with Gasteiger partial charge in [-0.2, -0.15) is 13.2 Å². The first-order valence-corrected chi connectivity index (χ1v) is 11.4. The molecule has 3 atom stereocenters. The molecule has 2 fully saturated rings. The molecule has 174 valence electrons. The van der Waals surface area contributed by atoms with Gasteiger partial charge in [0.15, 0.2) is 0 Å². The van der Waals surface area contributed by atoms with Crippen LogP contribution in [-0.4, -0.2) is 44.2 Å². The summed E-state index contributed by atoms with van der Waals surface area (Å²) < 4.78 is 40.4. The van der Waals surface area contributed by atoms with Gasteiger partial charge in [-0.15, -0.1) is 0 Å². The van der Waals surface area contributed by atoms with Crippen molar-refractivity contribution in [3.05, 3.63) is 66.0 Å². The summed E-state index contributed by atoms with van der Waals surface area (Å²) in [4.78, 5) is 19.6. The normalized spacial score (nSPS) is 25.8. The number of piperidine rings is 1. The molecule has 1 unspecified atom stereocenters. The van der Waals surface area contributed by atoms with Crippen LogP contribution in [0.2, 0.25) is 0 Å². The molecule has 2 aromatic carbocycles. The molecule has 1 N–H and O–H groups in total. The molecule has 0 spiro atoms. The van der Waals surface area contributed by atoms with Crippen LogP contribution < -0.4 is 0 Å². The number of likely N-dealkylation sites (tertiary alicyclic amines) is 1. The van der Waals surface area contributed by atoms with Crippen LogP contribution in [0.3, 0.4) is 0 Å². The van der Waals surface area contributed by atoms with Crippen molar-refractivity contribution < 1.29 is 23.1 Å². The number of para-hydroxylation sites is 1. The van der Waals surface area contributed by atoms with Gasteiger partial charge in [-0.3, -0.25) is 4.79 Å². The van der Waals surface area contributed by atoms with Gasteiger partial charge < -0.3 is 14.6 Å². The Balaban J connectivity index is 1.51. The Morgan fingerprint density at radius 1 is 1.09 bits per heavy atom. The Morgan fingerprint density at radius 2 is 1.85 bits per heavy atom. The van der Waals surface area contributed by atoms with Crippen LogP contribution in [-0.2, 0) is 12.1 Å². The highest BCUT2D eigenvalue weighted by Gasteiger charge is 2.50. The van der Waals surface area contributed by atoms with E-state index in [-0.39, 0.29) is 28.9 Å². The van der Waals surface area contributed by atoms with Crippen molar-refractivity contribution in [1.29, 1.82) is 0 Å². The van der Waals surface area contributed by atoms with Crippen molar-refractivity contribution >= 4 is 16.9 Å². The van der Waals surface area contributed by atoms with Gasteiger partial charge in [-0.1, -0.05) is 49.2 Å². The molecule has 1 saturated carbocycles. The highest BCUT2D eigenvalue weighted by atomic mass is 19.4. The number of halogens is 3. The van der Waals surface area contributed by atoms with E-state index in [1.807, 2.05) is 30.3 Å². The number of nitrogens with zero attached hydrogens (tertiary/aromatic N) is 3. The van der Waals surface area contributed by atoms with E-state index in [1.165, 1.54) is 0 Å². The lowest BCUT2D eigenvalue weighted by Crippen LogP contribution is -2.59. The molecular formula is C25H26F3N3O2. The number of hydrogen-bond donors (Lipinski definition) is 1. The number of amides is 1. The molecule has 1 aliphatic carbocycles. The molecule has 1 saturated heterocycles. The zero-order chi connectivity index (χ0) is 23.2. The Kier molecular flexibility index (Phi) is 5.43. The number of benzene rings is 2. The summed E-state index contributed by atoms with van der Waals surface area (Å²) in [5.41, 5.74) is 0.634. The zero-order valence-corrected chi connectivity index (χ0v) is 18.1. The highest BCUT2D eigenvalue weighted by molar-refractivity contribution is 6.05. The lowest BCUT2D eigenvalue weighted by atomic mass is 9.66. The first-order valence-electron chi connectivity index (χ1n) is 11.4. The topological polar surface area (TPSA) is 58.4 Å². The van der Waals surface area contributed by atoms with Crippen molar-refractivity contribution in [2.45, 2.75) is 56.5 Å². The third-order valence-electron chi connectivity index (χ3n) is 7.23. The van der Waals surface area contributed by atoms with Gasteiger partial charge in [0, 0.05) is 18.5 Å². The number of carbonyl (C=O) groups is 1. The number of carbonyl (C=O) groups excluding carboxylic acids is 1. The van der Waals surface area contributed by atoms with E-state index in [2.05, 4.69) is 4.98 Å². The number of fused-ring (bicyclic) bond motifs is 2. The Hall–Kier alpha value is -2.87. The third kappa shape index (κ3) is 3.90. The van der Waals surface area contributed by atoms with Gasteiger partial charge in [0.2, 0.25) is 0 Å². The van der Waals surface area contributed by atoms with Crippen molar-refractivity contribution in [3.8, 4) is 0 Å². The smallest absolute Gasteiger partial charge is 0.385 e. The Morgan fingerprint density at radius 3 is 2.61 bits per heavy atom. The second-order valence-corrected chi connectivity index (χ2v) is 9.16. The molecule has 8 heteroatoms. The summed E-state index contributed by atoms with van der Waals surface area (Å²) in [6.45, 7) is -0.858.